The molecule has 1 radical (unpaired) electrons. The number of hydrogen-bond acceptors (Lipinski definition) is 3. The Hall–Kier alpha value is -1.26. The Morgan fingerprint density at radius 3 is 1.86 bits per heavy atom. The lowest BCUT2D eigenvalue weighted by Crippen LogP contribution is -2.51. The van der Waals surface area contributed by atoms with Crippen molar-refractivity contribution in [1.29, 1.82) is 0 Å². The van der Waals surface area contributed by atoms with Crippen LogP contribution >= 0.6 is 0 Å². The lowest BCUT2D eigenvalue weighted by atomic mass is 10.1. The van der Waals surface area contributed by atoms with Gasteiger partial charge in [-0.3, -0.25) is 10.5 Å². The van der Waals surface area contributed by atoms with E-state index in [1.807, 2.05) is 0 Å². The van der Waals surface area contributed by atoms with Gasteiger partial charge in [-0.2, -0.15) is 0 Å². The van der Waals surface area contributed by atoms with Gasteiger partial charge in [0.25, 0.3) is 5.91 Å². The van der Waals surface area contributed by atoms with E-state index in [1.165, 1.54) is 13.8 Å². The summed E-state index contributed by atoms with van der Waals surface area (Å²) < 4.78 is 4.94. The summed E-state index contributed by atoms with van der Waals surface area (Å²) in [5.74, 6) is -0.858. The number of hydrogen-bond donors (Lipinski definition) is 1. The Morgan fingerprint density at radius 1 is 1.14 bits per heavy atom. The molecule has 0 aromatic heterocycles. The quantitative estimate of drug-likeness (QED) is 0.726. The monoisotopic (exact) mass is 201 g/mol. The SMILES string of the molecule is CC(C)(C)OC(=O)NC(C)(C)C([NH])=O. The standard InChI is InChI=1S/C9H17N2O3/c1-8(2,3)14-7(13)11-9(4,5)6(10)12/h10H,1-5H3,(H,11,13). The molecule has 0 aromatic carbocycles. The second-order valence-electron chi connectivity index (χ2n) is 4.58. The second kappa shape index (κ2) is 3.86. The smallest absolute Gasteiger partial charge is 0.408 e. The Balaban J connectivity index is 4.27. The van der Waals surface area contributed by atoms with E-state index in [2.05, 4.69) is 5.32 Å². The molecule has 0 saturated carbocycles. The van der Waals surface area contributed by atoms with Gasteiger partial charge in [-0.1, -0.05) is 0 Å². The fourth-order valence-corrected chi connectivity index (χ4v) is 0.616. The van der Waals surface area contributed by atoms with Crippen molar-refractivity contribution >= 4 is 12.0 Å². The van der Waals surface area contributed by atoms with Crippen LogP contribution in [0.3, 0.4) is 0 Å². The minimum atomic E-state index is -1.21. The van der Waals surface area contributed by atoms with Crippen LogP contribution in [0.1, 0.15) is 34.6 Å². The maximum absolute atomic E-state index is 11.2. The van der Waals surface area contributed by atoms with Crippen LogP contribution in [-0.2, 0) is 9.53 Å². The first-order valence-electron chi connectivity index (χ1n) is 4.32. The highest BCUT2D eigenvalue weighted by Crippen LogP contribution is 2.09. The summed E-state index contributed by atoms with van der Waals surface area (Å²) in [5, 5.41) is 2.31. The van der Waals surface area contributed by atoms with Gasteiger partial charge >= 0.3 is 6.09 Å². The van der Waals surface area contributed by atoms with Crippen molar-refractivity contribution in [2.45, 2.75) is 45.8 Å². The molecule has 0 spiro atoms. The van der Waals surface area contributed by atoms with E-state index in [0.717, 1.165) is 0 Å². The third kappa shape index (κ3) is 4.69. The van der Waals surface area contributed by atoms with E-state index in [1.54, 1.807) is 20.8 Å². The van der Waals surface area contributed by atoms with Gasteiger partial charge in [0, 0.05) is 0 Å². The topological polar surface area (TPSA) is 79.2 Å². The predicted octanol–water partition coefficient (Wildman–Crippen LogP) is 1.10. The number of amides is 2. The Kier molecular flexibility index (Phi) is 3.51. The molecule has 0 rings (SSSR count). The highest BCUT2D eigenvalue weighted by atomic mass is 16.6. The fourth-order valence-electron chi connectivity index (χ4n) is 0.616. The summed E-state index contributed by atoms with van der Waals surface area (Å²) >= 11 is 0. The first kappa shape index (κ1) is 12.7. The molecule has 0 bridgehead atoms. The highest BCUT2D eigenvalue weighted by Gasteiger charge is 2.29. The first-order chi connectivity index (χ1) is 6.04. The van der Waals surface area contributed by atoms with Gasteiger partial charge in [0.2, 0.25) is 0 Å². The molecule has 0 aliphatic rings. The molecule has 0 aliphatic heterocycles. The van der Waals surface area contributed by atoms with E-state index in [9.17, 15) is 9.59 Å². The van der Waals surface area contributed by atoms with Crippen LogP contribution in [0, 0.1) is 0 Å². The van der Waals surface area contributed by atoms with Crippen molar-refractivity contribution in [2.24, 2.45) is 0 Å². The summed E-state index contributed by atoms with van der Waals surface area (Å²) in [7, 11) is 0. The molecule has 2 N–H and O–H groups in total. The van der Waals surface area contributed by atoms with Crippen molar-refractivity contribution in [3.8, 4) is 0 Å². The number of rotatable bonds is 2. The second-order valence-corrected chi connectivity index (χ2v) is 4.58. The fraction of sp³-hybridized carbons (Fsp3) is 0.778. The molecule has 2 amide bonds. The lowest BCUT2D eigenvalue weighted by molar-refractivity contribution is -0.123. The van der Waals surface area contributed by atoms with Gasteiger partial charge in [0.15, 0.2) is 0 Å². The molecular weight excluding hydrogens is 184 g/mol. The number of alkyl carbamates (subject to hydrolysis) is 1. The maximum atomic E-state index is 11.2. The summed E-state index contributed by atoms with van der Waals surface area (Å²) in [4.78, 5) is 22.0. The van der Waals surface area contributed by atoms with Crippen molar-refractivity contribution in [2.75, 3.05) is 0 Å². The van der Waals surface area contributed by atoms with E-state index in [0.29, 0.717) is 0 Å². The van der Waals surface area contributed by atoms with Gasteiger partial charge in [0.05, 0.1) is 0 Å². The summed E-state index contributed by atoms with van der Waals surface area (Å²) in [6, 6.07) is 0. The van der Waals surface area contributed by atoms with Gasteiger partial charge in [-0.05, 0) is 34.6 Å². The van der Waals surface area contributed by atoms with Crippen LogP contribution in [-0.4, -0.2) is 23.1 Å². The molecule has 5 heteroatoms. The summed E-state index contributed by atoms with van der Waals surface area (Å²) in [6.07, 6.45) is -0.692. The van der Waals surface area contributed by atoms with Gasteiger partial charge in [0.1, 0.15) is 11.1 Å². The van der Waals surface area contributed by atoms with Crippen molar-refractivity contribution in [3.05, 3.63) is 0 Å². The van der Waals surface area contributed by atoms with Gasteiger partial charge in [-0.15, -0.1) is 0 Å². The average molecular weight is 201 g/mol. The number of carbonyl (C=O) groups is 2. The maximum Gasteiger partial charge on any atom is 0.408 e. The largest absolute Gasteiger partial charge is 0.444 e. The zero-order valence-corrected chi connectivity index (χ0v) is 9.22. The van der Waals surface area contributed by atoms with Crippen LogP contribution in [0.2, 0.25) is 0 Å². The molecule has 0 heterocycles. The molecule has 14 heavy (non-hydrogen) atoms. The minimum Gasteiger partial charge on any atom is -0.444 e. The van der Waals surface area contributed by atoms with Crippen molar-refractivity contribution < 1.29 is 14.3 Å². The Bertz CT molecular complexity index is 241. The molecule has 0 unspecified atom stereocenters. The first-order valence-corrected chi connectivity index (χ1v) is 4.32. The molecular formula is C9H17N2O3. The van der Waals surface area contributed by atoms with E-state index in [-0.39, 0.29) is 0 Å². The third-order valence-electron chi connectivity index (χ3n) is 1.38. The molecule has 81 valence electrons. The van der Waals surface area contributed by atoms with Gasteiger partial charge < -0.3 is 10.1 Å². The van der Waals surface area contributed by atoms with Gasteiger partial charge in [-0.25, -0.2) is 4.79 Å². The minimum absolute atomic E-state index is 0.606. The van der Waals surface area contributed by atoms with Crippen LogP contribution in [0.4, 0.5) is 4.79 Å². The lowest BCUT2D eigenvalue weighted by Gasteiger charge is -2.25. The Morgan fingerprint density at radius 2 is 1.57 bits per heavy atom. The molecule has 0 aliphatic carbocycles. The highest BCUT2D eigenvalue weighted by molar-refractivity contribution is 5.87. The van der Waals surface area contributed by atoms with E-state index < -0.39 is 23.1 Å². The molecule has 5 nitrogen and oxygen atoms in total. The average Bonchev–Trinajstić information content (AvgIpc) is 1.79. The number of ether oxygens (including phenoxy) is 1. The Labute approximate surface area is 84.0 Å². The van der Waals surface area contributed by atoms with Crippen LogP contribution in [0.15, 0.2) is 0 Å². The predicted molar refractivity (Wildman–Crippen MR) is 51.6 cm³/mol. The van der Waals surface area contributed by atoms with Crippen LogP contribution < -0.4 is 11.1 Å². The molecule has 0 atom stereocenters. The van der Waals surface area contributed by atoms with E-state index in [4.69, 9.17) is 10.5 Å². The normalized spacial score (nSPS) is 12.1. The summed E-state index contributed by atoms with van der Waals surface area (Å²) in [6.45, 7) is 8.07. The molecule has 0 saturated heterocycles. The number of carbonyl (C=O) groups excluding carboxylic acids is 2. The van der Waals surface area contributed by atoms with Crippen LogP contribution in [0.25, 0.3) is 0 Å². The van der Waals surface area contributed by atoms with Crippen LogP contribution in [0.5, 0.6) is 0 Å². The van der Waals surface area contributed by atoms with E-state index >= 15 is 0 Å². The van der Waals surface area contributed by atoms with Crippen molar-refractivity contribution in [1.82, 2.24) is 11.1 Å². The summed E-state index contributed by atoms with van der Waals surface area (Å²) in [5.41, 5.74) is 5.08. The zero-order chi connectivity index (χ0) is 11.6. The number of nitrogens with one attached hydrogen (secondary N) is 2. The molecule has 0 fully saturated rings. The third-order valence-corrected chi connectivity index (χ3v) is 1.38. The van der Waals surface area contributed by atoms with Crippen molar-refractivity contribution in [3.63, 3.8) is 0 Å². The zero-order valence-electron chi connectivity index (χ0n) is 9.22. The molecule has 0 aromatic rings.